The molecule has 0 aliphatic heterocycles. The van der Waals surface area contributed by atoms with Crippen molar-refractivity contribution in [3.63, 3.8) is 0 Å². The minimum atomic E-state index is -0.278. The Morgan fingerprint density at radius 1 is 1.91 bits per heavy atom. The molecule has 0 bridgehead atoms. The summed E-state index contributed by atoms with van der Waals surface area (Å²) in [6, 6.07) is 1.63. The molecule has 1 amide bonds. The highest BCUT2D eigenvalue weighted by Gasteiger charge is 2.05. The van der Waals surface area contributed by atoms with Crippen LogP contribution in [-0.2, 0) is 19.4 Å². The zero-order chi connectivity index (χ0) is 8.27. The van der Waals surface area contributed by atoms with Crippen molar-refractivity contribution in [3.8, 4) is 0 Å². The van der Waals surface area contributed by atoms with Crippen LogP contribution in [0, 0.1) is 0 Å². The van der Waals surface area contributed by atoms with Crippen LogP contribution >= 0.6 is 0 Å². The number of hydrogen-bond acceptors (Lipinski definition) is 3. The van der Waals surface area contributed by atoms with E-state index >= 15 is 0 Å². The van der Waals surface area contributed by atoms with Crippen molar-refractivity contribution < 1.29 is 4.79 Å². The Labute approximate surface area is 70.1 Å². The molecule has 0 aliphatic rings. The van der Waals surface area contributed by atoms with Crippen molar-refractivity contribution >= 4 is 18.7 Å². The number of amides is 1. The van der Waals surface area contributed by atoms with Gasteiger partial charge in [0.2, 0.25) is 5.91 Å². The lowest BCUT2D eigenvalue weighted by Crippen LogP contribution is -2.20. The Morgan fingerprint density at radius 3 is 3.18 bits per heavy atom. The summed E-state index contributed by atoms with van der Waals surface area (Å²) in [5.74, 6) is -0.278. The molecule has 0 aliphatic carbocycles. The summed E-state index contributed by atoms with van der Waals surface area (Å²) >= 11 is 4.39. The standard InChI is InChI=1S/C6H8N3OS/c1-2-9-5(3-4-7-9)6(10)8-11/h3-4H,2H2,1H3,(H-,7,8,10,11)/q-1. The van der Waals surface area contributed by atoms with E-state index in [0.29, 0.717) is 12.2 Å². The molecule has 0 atom stereocenters. The Hall–Kier alpha value is -0.970. The van der Waals surface area contributed by atoms with Crippen molar-refractivity contribution in [3.05, 3.63) is 18.0 Å². The maximum atomic E-state index is 11.0. The van der Waals surface area contributed by atoms with Gasteiger partial charge >= 0.3 is 0 Å². The first-order valence-corrected chi connectivity index (χ1v) is 3.64. The third-order valence-electron chi connectivity index (χ3n) is 1.34. The fourth-order valence-electron chi connectivity index (χ4n) is 0.830. The number of nitrogens with one attached hydrogen (secondary N) is 1. The molecule has 0 saturated carbocycles. The monoisotopic (exact) mass is 170 g/mol. The Bertz CT molecular complexity index is 258. The highest BCUT2D eigenvalue weighted by molar-refractivity contribution is 7.57. The lowest BCUT2D eigenvalue weighted by atomic mass is 10.4. The van der Waals surface area contributed by atoms with Crippen LogP contribution in [0.5, 0.6) is 0 Å². The van der Waals surface area contributed by atoms with E-state index < -0.39 is 0 Å². The molecule has 4 nitrogen and oxygen atoms in total. The lowest BCUT2D eigenvalue weighted by molar-refractivity contribution is 0.0974. The largest absolute Gasteiger partial charge is 0.667 e. The summed E-state index contributed by atoms with van der Waals surface area (Å²) in [5.41, 5.74) is 0.502. The second-order valence-electron chi connectivity index (χ2n) is 1.96. The number of aromatic nitrogens is 2. The van der Waals surface area contributed by atoms with Crippen LogP contribution in [-0.4, -0.2) is 15.7 Å². The van der Waals surface area contributed by atoms with Gasteiger partial charge in [0.25, 0.3) is 0 Å². The molecule has 0 saturated heterocycles. The molecule has 1 heterocycles. The number of carbonyl (C=O) groups is 1. The van der Waals surface area contributed by atoms with Gasteiger partial charge in [-0.3, -0.25) is 9.48 Å². The number of rotatable bonds is 2. The van der Waals surface area contributed by atoms with Crippen molar-refractivity contribution in [1.82, 2.24) is 14.5 Å². The smallest absolute Gasteiger partial charge is 0.247 e. The second kappa shape index (κ2) is 3.43. The van der Waals surface area contributed by atoms with Crippen LogP contribution in [0.1, 0.15) is 17.4 Å². The fraction of sp³-hybridized carbons (Fsp3) is 0.333. The predicted molar refractivity (Wildman–Crippen MR) is 42.7 cm³/mol. The summed E-state index contributed by atoms with van der Waals surface area (Å²) in [5, 5.41) is 3.91. The molecule has 1 aromatic rings. The van der Waals surface area contributed by atoms with Crippen LogP contribution in [0.15, 0.2) is 12.3 Å². The normalized spacial score (nSPS) is 9.64. The predicted octanol–water partition coefficient (Wildman–Crippen LogP) is 0.0947. The Balaban J connectivity index is 2.92. The molecule has 60 valence electrons. The Morgan fingerprint density at radius 2 is 2.64 bits per heavy atom. The zero-order valence-corrected chi connectivity index (χ0v) is 6.89. The molecule has 1 aromatic heterocycles. The maximum absolute atomic E-state index is 11.0. The molecule has 0 radical (unpaired) electrons. The first kappa shape index (κ1) is 8.13. The minimum Gasteiger partial charge on any atom is -0.667 e. The van der Waals surface area contributed by atoms with Crippen molar-refractivity contribution in [2.45, 2.75) is 13.5 Å². The molecular weight excluding hydrogens is 162 g/mol. The van der Waals surface area contributed by atoms with E-state index in [1.165, 1.54) is 0 Å². The number of aryl methyl sites for hydroxylation is 1. The molecule has 0 fully saturated rings. The van der Waals surface area contributed by atoms with Gasteiger partial charge in [0, 0.05) is 12.7 Å². The number of hydrogen-bond donors (Lipinski definition) is 1. The molecule has 5 heteroatoms. The quantitative estimate of drug-likeness (QED) is 0.640. The highest BCUT2D eigenvalue weighted by Crippen LogP contribution is 1.97. The number of carbonyl (C=O) groups excluding carboxylic acids is 1. The zero-order valence-electron chi connectivity index (χ0n) is 6.07. The number of nitrogens with zero attached hydrogens (tertiary/aromatic N) is 2. The SMILES string of the molecule is CCn1nccc1C(=O)N[S-]. The summed E-state index contributed by atoms with van der Waals surface area (Å²) in [6.45, 7) is 2.58. The molecular formula is C6H8N3OS-. The first-order valence-electron chi connectivity index (χ1n) is 3.24. The van der Waals surface area contributed by atoms with E-state index in [0.717, 1.165) is 0 Å². The van der Waals surface area contributed by atoms with Crippen LogP contribution in [0.25, 0.3) is 0 Å². The van der Waals surface area contributed by atoms with Crippen LogP contribution in [0.4, 0.5) is 0 Å². The fourth-order valence-corrected chi connectivity index (χ4v) is 0.934. The van der Waals surface area contributed by atoms with Gasteiger partial charge in [0.15, 0.2) is 0 Å². The third-order valence-corrected chi connectivity index (χ3v) is 1.53. The van der Waals surface area contributed by atoms with Gasteiger partial charge in [-0.15, -0.1) is 0 Å². The van der Waals surface area contributed by atoms with Crippen LogP contribution in [0.2, 0.25) is 0 Å². The summed E-state index contributed by atoms with van der Waals surface area (Å²) < 4.78 is 3.71. The summed E-state index contributed by atoms with van der Waals surface area (Å²) in [6.07, 6.45) is 1.57. The van der Waals surface area contributed by atoms with Gasteiger partial charge < -0.3 is 17.5 Å². The van der Waals surface area contributed by atoms with Gasteiger partial charge in [0.1, 0.15) is 5.69 Å². The van der Waals surface area contributed by atoms with Crippen molar-refractivity contribution in [2.24, 2.45) is 0 Å². The summed E-state index contributed by atoms with van der Waals surface area (Å²) in [4.78, 5) is 11.0. The summed E-state index contributed by atoms with van der Waals surface area (Å²) in [7, 11) is 0. The third kappa shape index (κ3) is 1.54. The minimum absolute atomic E-state index is 0.278. The molecule has 11 heavy (non-hydrogen) atoms. The maximum Gasteiger partial charge on any atom is 0.247 e. The van der Waals surface area contributed by atoms with E-state index in [1.807, 2.05) is 6.92 Å². The van der Waals surface area contributed by atoms with E-state index in [4.69, 9.17) is 0 Å². The van der Waals surface area contributed by atoms with E-state index in [2.05, 4.69) is 22.6 Å². The van der Waals surface area contributed by atoms with Gasteiger partial charge in [-0.2, -0.15) is 5.10 Å². The first-order chi connectivity index (χ1) is 5.29. The highest BCUT2D eigenvalue weighted by atomic mass is 32.1. The molecule has 0 aromatic carbocycles. The van der Waals surface area contributed by atoms with E-state index in [1.54, 1.807) is 16.9 Å². The van der Waals surface area contributed by atoms with Crippen LogP contribution in [0.3, 0.4) is 0 Å². The Kier molecular flexibility index (Phi) is 2.53. The average molecular weight is 170 g/mol. The molecule has 0 spiro atoms. The van der Waals surface area contributed by atoms with Crippen molar-refractivity contribution in [1.29, 1.82) is 0 Å². The van der Waals surface area contributed by atoms with E-state index in [9.17, 15) is 4.79 Å². The average Bonchev–Trinajstić information content (AvgIpc) is 2.50. The van der Waals surface area contributed by atoms with Crippen molar-refractivity contribution in [2.75, 3.05) is 0 Å². The van der Waals surface area contributed by atoms with Gasteiger partial charge in [-0.25, -0.2) is 0 Å². The van der Waals surface area contributed by atoms with Gasteiger partial charge in [-0.1, -0.05) is 0 Å². The topological polar surface area (TPSA) is 46.9 Å². The van der Waals surface area contributed by atoms with Gasteiger partial charge in [-0.05, 0) is 13.0 Å². The molecule has 1 rings (SSSR count). The molecule has 1 N–H and O–H groups in total. The molecule has 0 unspecified atom stereocenters. The van der Waals surface area contributed by atoms with Crippen LogP contribution < -0.4 is 4.72 Å². The van der Waals surface area contributed by atoms with Gasteiger partial charge in [0.05, 0.1) is 0 Å². The lowest BCUT2D eigenvalue weighted by Gasteiger charge is -2.08. The van der Waals surface area contributed by atoms with E-state index in [-0.39, 0.29) is 5.91 Å². The second-order valence-corrected chi connectivity index (χ2v) is 2.17.